The van der Waals surface area contributed by atoms with E-state index in [1.807, 2.05) is 36.4 Å². The van der Waals surface area contributed by atoms with Crippen molar-refractivity contribution < 1.29 is 13.6 Å². The van der Waals surface area contributed by atoms with Gasteiger partial charge in [-0.1, -0.05) is 18.2 Å². The van der Waals surface area contributed by atoms with E-state index >= 15 is 0 Å². The maximum Gasteiger partial charge on any atom is 0.254 e. The topological polar surface area (TPSA) is 42.0 Å². The third-order valence-corrected chi connectivity index (χ3v) is 4.94. The molecule has 2 aliphatic rings. The zero-order valence-electron chi connectivity index (χ0n) is 12.4. The number of hydrogen-bond donors (Lipinski definition) is 1. The van der Waals surface area contributed by atoms with Gasteiger partial charge in [0.15, 0.2) is 0 Å². The first-order valence-corrected chi connectivity index (χ1v) is 7.75. The summed E-state index contributed by atoms with van der Waals surface area (Å²) in [5, 5.41) is 2.86. The van der Waals surface area contributed by atoms with Crippen molar-refractivity contribution in [2.24, 2.45) is 17.8 Å². The van der Waals surface area contributed by atoms with Crippen LogP contribution in [0.4, 0.5) is 14.5 Å². The second kappa shape index (κ2) is 5.11. The number of alkyl halides is 2. The summed E-state index contributed by atoms with van der Waals surface area (Å²) in [5.74, 6) is -4.15. The van der Waals surface area contributed by atoms with Crippen molar-refractivity contribution >= 4 is 11.6 Å². The monoisotopic (exact) mass is 314 g/mol. The number of pyridine rings is 1. The molecule has 1 unspecified atom stereocenters. The van der Waals surface area contributed by atoms with Gasteiger partial charge in [-0.15, -0.1) is 0 Å². The number of amides is 1. The Kier molecular flexibility index (Phi) is 3.18. The van der Waals surface area contributed by atoms with Gasteiger partial charge in [-0.05, 0) is 36.6 Å². The van der Waals surface area contributed by atoms with E-state index in [9.17, 15) is 13.6 Å². The lowest BCUT2D eigenvalue weighted by Crippen LogP contribution is -2.23. The minimum Gasteiger partial charge on any atom is -0.326 e. The molecular formula is C18H16F2N2O. The molecule has 3 atom stereocenters. The van der Waals surface area contributed by atoms with E-state index < -0.39 is 17.8 Å². The molecule has 0 saturated heterocycles. The van der Waals surface area contributed by atoms with E-state index in [-0.39, 0.29) is 11.8 Å². The summed E-state index contributed by atoms with van der Waals surface area (Å²) < 4.78 is 26.4. The molecule has 0 bridgehead atoms. The van der Waals surface area contributed by atoms with Crippen LogP contribution in [0.15, 0.2) is 48.8 Å². The highest BCUT2D eigenvalue weighted by Gasteiger charge is 2.72. The molecule has 2 aliphatic carbocycles. The number of nitrogens with zero attached hydrogens (tertiary/aromatic N) is 1. The summed E-state index contributed by atoms with van der Waals surface area (Å²) >= 11 is 0. The molecule has 23 heavy (non-hydrogen) atoms. The van der Waals surface area contributed by atoms with E-state index in [1.54, 1.807) is 12.4 Å². The Labute approximate surface area is 132 Å². The van der Waals surface area contributed by atoms with Gasteiger partial charge >= 0.3 is 0 Å². The van der Waals surface area contributed by atoms with E-state index in [1.165, 1.54) is 0 Å². The molecule has 1 aromatic heterocycles. The number of hydrogen-bond acceptors (Lipinski definition) is 2. The molecule has 1 aromatic carbocycles. The number of fused-ring (bicyclic) bond motifs is 1. The van der Waals surface area contributed by atoms with Gasteiger partial charge < -0.3 is 5.32 Å². The average Bonchev–Trinajstić information content (AvgIpc) is 2.93. The fourth-order valence-electron chi connectivity index (χ4n) is 3.58. The second-order valence-corrected chi connectivity index (χ2v) is 6.37. The van der Waals surface area contributed by atoms with Crippen LogP contribution in [0.5, 0.6) is 0 Å². The van der Waals surface area contributed by atoms with Gasteiger partial charge in [0, 0.05) is 41.4 Å². The molecule has 2 aromatic rings. The van der Waals surface area contributed by atoms with Crippen LogP contribution in [0, 0.1) is 17.8 Å². The molecule has 1 N–H and O–H groups in total. The summed E-state index contributed by atoms with van der Waals surface area (Å²) in [6, 6.07) is 11.3. The van der Waals surface area contributed by atoms with Crippen molar-refractivity contribution in [2.75, 3.05) is 5.32 Å². The zero-order chi connectivity index (χ0) is 16.0. The average molecular weight is 314 g/mol. The quantitative estimate of drug-likeness (QED) is 0.931. The molecule has 1 heterocycles. The highest BCUT2D eigenvalue weighted by molar-refractivity contribution is 5.93. The lowest BCUT2D eigenvalue weighted by molar-refractivity contribution is -0.120. The van der Waals surface area contributed by atoms with Crippen molar-refractivity contribution in [1.29, 1.82) is 0 Å². The van der Waals surface area contributed by atoms with Crippen LogP contribution in [-0.4, -0.2) is 16.8 Å². The third-order valence-electron chi connectivity index (χ3n) is 4.94. The van der Waals surface area contributed by atoms with E-state index in [4.69, 9.17) is 0 Å². The fourth-order valence-corrected chi connectivity index (χ4v) is 3.58. The van der Waals surface area contributed by atoms with Crippen LogP contribution >= 0.6 is 0 Å². The number of benzene rings is 1. The lowest BCUT2D eigenvalue weighted by Gasteiger charge is -2.14. The van der Waals surface area contributed by atoms with Crippen molar-refractivity contribution in [3.8, 4) is 11.1 Å². The molecule has 1 amide bonds. The first kappa shape index (κ1) is 14.3. The molecule has 2 saturated carbocycles. The maximum atomic E-state index is 13.2. The number of carbonyl (C=O) groups excluding carboxylic acids is 1. The molecule has 2 fully saturated rings. The van der Waals surface area contributed by atoms with Gasteiger partial charge in [-0.3, -0.25) is 9.78 Å². The van der Waals surface area contributed by atoms with Crippen LogP contribution in [0.3, 0.4) is 0 Å². The van der Waals surface area contributed by atoms with Crippen molar-refractivity contribution in [3.05, 3.63) is 48.8 Å². The van der Waals surface area contributed by atoms with Crippen LogP contribution < -0.4 is 5.32 Å². The number of anilines is 1. The molecule has 0 spiro atoms. The van der Waals surface area contributed by atoms with Crippen molar-refractivity contribution in [3.63, 3.8) is 0 Å². The normalized spacial score (nSPS) is 27.3. The van der Waals surface area contributed by atoms with Gasteiger partial charge in [0.2, 0.25) is 5.91 Å². The Hall–Kier alpha value is -2.30. The van der Waals surface area contributed by atoms with Crippen LogP contribution in [0.1, 0.15) is 12.8 Å². The Morgan fingerprint density at radius 3 is 2.57 bits per heavy atom. The molecule has 0 radical (unpaired) electrons. The standard InChI is InChI=1S/C18H16F2N2O/c19-18(20)15-8-13(9-16(15)18)17(23)22-14-5-1-3-11(7-14)12-4-2-6-21-10-12/h1-7,10,13,15-16H,8-9H2,(H,22,23)/t13?,15-,16+. The van der Waals surface area contributed by atoms with Gasteiger partial charge in [0.05, 0.1) is 0 Å². The zero-order valence-corrected chi connectivity index (χ0v) is 12.4. The van der Waals surface area contributed by atoms with Gasteiger partial charge in [-0.2, -0.15) is 0 Å². The largest absolute Gasteiger partial charge is 0.326 e. The van der Waals surface area contributed by atoms with Crippen molar-refractivity contribution in [1.82, 2.24) is 4.98 Å². The second-order valence-electron chi connectivity index (χ2n) is 6.37. The Morgan fingerprint density at radius 1 is 1.13 bits per heavy atom. The highest BCUT2D eigenvalue weighted by Crippen LogP contribution is 2.65. The number of carbonyl (C=O) groups is 1. The SMILES string of the molecule is O=C(Nc1cccc(-c2cccnc2)c1)C1C[C@@H]2[C@H](C1)C2(F)F. The highest BCUT2D eigenvalue weighted by atomic mass is 19.3. The van der Waals surface area contributed by atoms with Gasteiger partial charge in [0.25, 0.3) is 5.92 Å². The fraction of sp³-hybridized carbons (Fsp3) is 0.333. The minimum absolute atomic E-state index is 0.156. The smallest absolute Gasteiger partial charge is 0.254 e. The number of halogens is 2. The summed E-state index contributed by atoms with van der Waals surface area (Å²) in [6.45, 7) is 0. The van der Waals surface area contributed by atoms with Gasteiger partial charge in [-0.25, -0.2) is 8.78 Å². The first-order valence-electron chi connectivity index (χ1n) is 7.75. The predicted octanol–water partition coefficient (Wildman–Crippen LogP) is 3.98. The molecule has 4 rings (SSSR count). The molecule has 0 aliphatic heterocycles. The summed E-state index contributed by atoms with van der Waals surface area (Å²) in [4.78, 5) is 16.4. The molecule has 3 nitrogen and oxygen atoms in total. The predicted molar refractivity (Wildman–Crippen MR) is 83.0 cm³/mol. The Bertz CT molecular complexity index is 734. The van der Waals surface area contributed by atoms with Crippen LogP contribution in [-0.2, 0) is 4.79 Å². The summed E-state index contributed by atoms with van der Waals surface area (Å²) in [6.07, 6.45) is 4.06. The number of aromatic nitrogens is 1. The number of nitrogens with one attached hydrogen (secondary N) is 1. The molecule has 5 heteroatoms. The number of rotatable bonds is 3. The lowest BCUT2D eigenvalue weighted by atomic mass is 10.0. The molecule has 118 valence electrons. The third kappa shape index (κ3) is 2.50. The van der Waals surface area contributed by atoms with Gasteiger partial charge in [0.1, 0.15) is 0 Å². The van der Waals surface area contributed by atoms with E-state index in [2.05, 4.69) is 10.3 Å². The minimum atomic E-state index is -2.53. The van der Waals surface area contributed by atoms with E-state index in [0.717, 1.165) is 11.1 Å². The molecular weight excluding hydrogens is 298 g/mol. The summed E-state index contributed by atoms with van der Waals surface area (Å²) in [7, 11) is 0. The van der Waals surface area contributed by atoms with Crippen LogP contribution in [0.25, 0.3) is 11.1 Å². The Balaban J connectivity index is 1.45. The summed E-state index contributed by atoms with van der Waals surface area (Å²) in [5.41, 5.74) is 2.60. The van der Waals surface area contributed by atoms with E-state index in [0.29, 0.717) is 18.5 Å². The van der Waals surface area contributed by atoms with Crippen molar-refractivity contribution in [2.45, 2.75) is 18.8 Å². The Morgan fingerprint density at radius 2 is 1.87 bits per heavy atom. The van der Waals surface area contributed by atoms with Crippen LogP contribution in [0.2, 0.25) is 0 Å². The maximum absolute atomic E-state index is 13.2. The first-order chi connectivity index (χ1) is 11.1.